The van der Waals surface area contributed by atoms with E-state index in [4.69, 9.17) is 0 Å². The molecule has 1 aromatic carbocycles. The number of sulfonamides is 1. The van der Waals surface area contributed by atoms with Gasteiger partial charge >= 0.3 is 5.97 Å². The zero-order chi connectivity index (χ0) is 28.0. The van der Waals surface area contributed by atoms with Gasteiger partial charge in [0.2, 0.25) is 16.0 Å². The third-order valence-electron chi connectivity index (χ3n) is 7.38. The molecule has 0 bridgehead atoms. The first-order valence-corrected chi connectivity index (χ1v) is 14.3. The number of ether oxygens (including phenoxy) is 1. The molecular formula is C25H30F2N6O5S. The Labute approximate surface area is 225 Å². The van der Waals surface area contributed by atoms with E-state index in [1.54, 1.807) is 19.1 Å². The predicted molar refractivity (Wildman–Crippen MR) is 141 cm³/mol. The molecule has 1 saturated carbocycles. The number of methoxy groups -OCH3 is 1. The van der Waals surface area contributed by atoms with Gasteiger partial charge in [0, 0.05) is 24.8 Å². The molecule has 3 heterocycles. The molecular weight excluding hydrogens is 534 g/mol. The highest BCUT2D eigenvalue weighted by atomic mass is 32.2. The standard InChI is InChI=1S/C25H30F2N6O5S/c1-16-11-20(30-23(28-16)33-14-25(26,27)15-33)29-22(35)18-4-3-17(31-39(36,37)13-21(34)38-2)12-19(18)32-9-7-24(5-6-24)8-10-32/h3-4,11-12,31H,5-10,13-15H2,1-2H3,(H,28,29,30,35). The van der Waals surface area contributed by atoms with E-state index in [2.05, 4.69) is 29.6 Å². The van der Waals surface area contributed by atoms with Crippen LogP contribution in [0.1, 0.15) is 41.7 Å². The zero-order valence-electron chi connectivity index (χ0n) is 21.7. The lowest BCUT2D eigenvalue weighted by atomic mass is 9.93. The Kier molecular flexibility index (Phi) is 6.85. The van der Waals surface area contributed by atoms with Crippen molar-refractivity contribution in [2.24, 2.45) is 5.41 Å². The number of aromatic nitrogens is 2. The van der Waals surface area contributed by atoms with Gasteiger partial charge in [-0.1, -0.05) is 0 Å². The zero-order valence-corrected chi connectivity index (χ0v) is 22.5. The number of hydrogen-bond acceptors (Lipinski definition) is 9. The quantitative estimate of drug-likeness (QED) is 0.464. The second-order valence-electron chi connectivity index (χ2n) is 10.5. The van der Waals surface area contributed by atoms with Gasteiger partial charge in [-0.2, -0.15) is 4.98 Å². The molecule has 0 radical (unpaired) electrons. The summed E-state index contributed by atoms with van der Waals surface area (Å²) >= 11 is 0. The van der Waals surface area contributed by atoms with E-state index in [1.165, 1.54) is 29.9 Å². The van der Waals surface area contributed by atoms with Crippen LogP contribution in [0.2, 0.25) is 0 Å². The summed E-state index contributed by atoms with van der Waals surface area (Å²) in [7, 11) is -2.92. The smallest absolute Gasteiger partial charge is 0.322 e. The van der Waals surface area contributed by atoms with E-state index < -0.39 is 46.7 Å². The number of halogens is 2. The minimum Gasteiger partial charge on any atom is -0.468 e. The average Bonchev–Trinajstić information content (AvgIpc) is 3.60. The number of hydrogen-bond donors (Lipinski definition) is 2. The van der Waals surface area contributed by atoms with Gasteiger partial charge in [0.15, 0.2) is 5.75 Å². The highest BCUT2D eigenvalue weighted by molar-refractivity contribution is 7.93. The Bertz CT molecular complexity index is 1400. The van der Waals surface area contributed by atoms with Gasteiger partial charge in [0.25, 0.3) is 11.8 Å². The minimum absolute atomic E-state index is 0.109. The van der Waals surface area contributed by atoms with Crippen LogP contribution in [0.5, 0.6) is 0 Å². The fourth-order valence-corrected chi connectivity index (χ4v) is 5.96. The van der Waals surface area contributed by atoms with Crippen molar-refractivity contribution >= 4 is 45.0 Å². The van der Waals surface area contributed by atoms with Gasteiger partial charge in [-0.25, -0.2) is 22.2 Å². The normalized spacial score (nSPS) is 19.3. The number of nitrogens with zero attached hydrogens (tertiary/aromatic N) is 4. The van der Waals surface area contributed by atoms with Crippen LogP contribution >= 0.6 is 0 Å². The molecule has 3 aliphatic rings. The highest BCUT2D eigenvalue weighted by Crippen LogP contribution is 2.54. The van der Waals surface area contributed by atoms with Crippen molar-refractivity contribution in [3.63, 3.8) is 0 Å². The minimum atomic E-state index is -4.03. The molecule has 3 fully saturated rings. The van der Waals surface area contributed by atoms with Crippen molar-refractivity contribution in [3.8, 4) is 0 Å². The Balaban J connectivity index is 1.39. The Morgan fingerprint density at radius 2 is 1.74 bits per heavy atom. The number of aryl methyl sites for hydroxylation is 1. The molecule has 11 nitrogen and oxygen atoms in total. The number of esters is 1. The number of rotatable bonds is 8. The first kappa shape index (κ1) is 27.0. The number of benzene rings is 1. The molecule has 210 valence electrons. The number of carbonyl (C=O) groups excluding carboxylic acids is 2. The van der Waals surface area contributed by atoms with Crippen LogP contribution in [0.25, 0.3) is 0 Å². The maximum Gasteiger partial charge on any atom is 0.322 e. The summed E-state index contributed by atoms with van der Waals surface area (Å²) in [6.07, 6.45) is 4.34. The first-order chi connectivity index (χ1) is 18.4. The monoisotopic (exact) mass is 564 g/mol. The van der Waals surface area contributed by atoms with Crippen LogP contribution in [0, 0.1) is 12.3 Å². The van der Waals surface area contributed by atoms with E-state index in [0.717, 1.165) is 20.0 Å². The van der Waals surface area contributed by atoms with E-state index in [-0.39, 0.29) is 17.5 Å². The summed E-state index contributed by atoms with van der Waals surface area (Å²) in [6.45, 7) is 2.12. The predicted octanol–water partition coefficient (Wildman–Crippen LogP) is 2.79. The van der Waals surface area contributed by atoms with E-state index in [9.17, 15) is 26.8 Å². The maximum absolute atomic E-state index is 13.4. The topological polar surface area (TPSA) is 134 Å². The second-order valence-corrected chi connectivity index (χ2v) is 12.2. The summed E-state index contributed by atoms with van der Waals surface area (Å²) < 4.78 is 58.4. The summed E-state index contributed by atoms with van der Waals surface area (Å²) in [5, 5.41) is 2.74. The third-order valence-corrected chi connectivity index (χ3v) is 8.55. The van der Waals surface area contributed by atoms with Crippen LogP contribution in [0.15, 0.2) is 24.3 Å². The fraction of sp³-hybridized carbons (Fsp3) is 0.520. The van der Waals surface area contributed by atoms with Crippen LogP contribution < -0.4 is 19.8 Å². The number of carbonyl (C=O) groups is 2. The number of alkyl halides is 2. The van der Waals surface area contributed by atoms with Gasteiger partial charge < -0.3 is 19.9 Å². The molecule has 1 spiro atoms. The van der Waals surface area contributed by atoms with Gasteiger partial charge in [-0.05, 0) is 56.2 Å². The number of nitrogens with one attached hydrogen (secondary N) is 2. The highest BCUT2D eigenvalue weighted by Gasteiger charge is 2.46. The van der Waals surface area contributed by atoms with Crippen LogP contribution in [-0.2, 0) is 19.6 Å². The summed E-state index contributed by atoms with van der Waals surface area (Å²) in [5.74, 6) is -4.74. The molecule has 2 aromatic rings. The van der Waals surface area contributed by atoms with E-state index in [1.807, 2.05) is 0 Å². The number of anilines is 4. The van der Waals surface area contributed by atoms with Gasteiger partial charge in [-0.3, -0.25) is 14.3 Å². The molecule has 39 heavy (non-hydrogen) atoms. The summed E-state index contributed by atoms with van der Waals surface area (Å²) in [5.41, 5.74) is 1.92. The number of amides is 1. The SMILES string of the molecule is COC(=O)CS(=O)(=O)Nc1ccc(C(=O)Nc2cc(C)nc(N3CC(F)(F)C3)n2)c(N2CCC3(CC2)CC3)c1. The van der Waals surface area contributed by atoms with Gasteiger partial charge in [0.05, 0.1) is 37.1 Å². The molecule has 14 heteroatoms. The van der Waals surface area contributed by atoms with Gasteiger partial charge in [0.1, 0.15) is 5.82 Å². The molecule has 2 aliphatic heterocycles. The lowest BCUT2D eigenvalue weighted by Crippen LogP contribution is -2.57. The lowest BCUT2D eigenvalue weighted by molar-refractivity contribution is -0.137. The molecule has 0 unspecified atom stereocenters. The molecule has 2 saturated heterocycles. The lowest BCUT2D eigenvalue weighted by Gasteiger charge is -2.38. The molecule has 1 amide bonds. The summed E-state index contributed by atoms with van der Waals surface area (Å²) in [6, 6.07) is 6.07. The molecule has 1 aromatic heterocycles. The van der Waals surface area contributed by atoms with Crippen LogP contribution in [-0.4, -0.2) is 75.2 Å². The Morgan fingerprint density at radius 3 is 2.36 bits per heavy atom. The van der Waals surface area contributed by atoms with Crippen molar-refractivity contribution in [1.82, 2.24) is 9.97 Å². The fourth-order valence-electron chi connectivity index (χ4n) is 4.97. The second kappa shape index (κ2) is 9.88. The van der Waals surface area contributed by atoms with Crippen molar-refractivity contribution < 1.29 is 31.5 Å². The average molecular weight is 565 g/mol. The molecule has 1 aliphatic carbocycles. The van der Waals surface area contributed by atoms with Crippen molar-refractivity contribution in [2.75, 3.05) is 58.9 Å². The molecule has 2 N–H and O–H groups in total. The van der Waals surface area contributed by atoms with Crippen molar-refractivity contribution in [3.05, 3.63) is 35.5 Å². The Morgan fingerprint density at radius 1 is 1.05 bits per heavy atom. The van der Waals surface area contributed by atoms with Crippen molar-refractivity contribution in [1.29, 1.82) is 0 Å². The first-order valence-electron chi connectivity index (χ1n) is 12.6. The molecule has 0 atom stereocenters. The third kappa shape index (κ3) is 6.21. The van der Waals surface area contributed by atoms with Crippen LogP contribution in [0.4, 0.5) is 31.9 Å². The van der Waals surface area contributed by atoms with E-state index in [0.29, 0.717) is 35.4 Å². The van der Waals surface area contributed by atoms with Gasteiger partial charge in [-0.15, -0.1) is 0 Å². The largest absolute Gasteiger partial charge is 0.468 e. The van der Waals surface area contributed by atoms with Crippen molar-refractivity contribution in [2.45, 2.75) is 38.5 Å². The van der Waals surface area contributed by atoms with Crippen LogP contribution in [0.3, 0.4) is 0 Å². The number of piperidine rings is 1. The summed E-state index contributed by atoms with van der Waals surface area (Å²) in [4.78, 5) is 36.8. The van der Waals surface area contributed by atoms with E-state index >= 15 is 0 Å². The molecule has 5 rings (SSSR count). The maximum atomic E-state index is 13.4. The Hall–Kier alpha value is -3.55.